The van der Waals surface area contributed by atoms with Gasteiger partial charge in [-0.25, -0.2) is 8.42 Å². The summed E-state index contributed by atoms with van der Waals surface area (Å²) in [5, 5.41) is 2.99. The molecule has 2 amide bonds. The van der Waals surface area contributed by atoms with Gasteiger partial charge in [0.1, 0.15) is 6.04 Å². The van der Waals surface area contributed by atoms with Gasteiger partial charge in [-0.1, -0.05) is 76.6 Å². The van der Waals surface area contributed by atoms with Gasteiger partial charge in [-0.2, -0.15) is 0 Å². The third kappa shape index (κ3) is 9.20. The van der Waals surface area contributed by atoms with E-state index in [9.17, 15) is 18.0 Å². The van der Waals surface area contributed by atoms with E-state index in [1.165, 1.54) is 10.6 Å². The highest BCUT2D eigenvalue weighted by Crippen LogP contribution is 2.23. The van der Waals surface area contributed by atoms with Gasteiger partial charge in [-0.15, -0.1) is 0 Å². The fourth-order valence-corrected chi connectivity index (χ4v) is 5.83. The fraction of sp³-hybridized carbons (Fsp3) is 0.355. The number of rotatable bonds is 13. The van der Waals surface area contributed by atoms with Crippen molar-refractivity contribution in [3.63, 3.8) is 0 Å². The number of carbonyl (C=O) groups is 2. The molecule has 9 heteroatoms. The third-order valence-electron chi connectivity index (χ3n) is 6.50. The summed E-state index contributed by atoms with van der Waals surface area (Å²) in [6, 6.07) is 23.8. The van der Waals surface area contributed by atoms with Gasteiger partial charge in [0.25, 0.3) is 0 Å². The molecule has 0 saturated carbocycles. The molecule has 0 aromatic heterocycles. The van der Waals surface area contributed by atoms with Crippen molar-refractivity contribution >= 4 is 43.5 Å². The molecule has 3 rings (SSSR count). The van der Waals surface area contributed by atoms with E-state index in [1.54, 1.807) is 17.0 Å². The van der Waals surface area contributed by atoms with Crippen molar-refractivity contribution in [1.29, 1.82) is 0 Å². The maximum Gasteiger partial charge on any atom is 0.243 e. The average Bonchev–Trinajstić information content (AvgIpc) is 2.89. The smallest absolute Gasteiger partial charge is 0.243 e. The second kappa shape index (κ2) is 14.5. The molecule has 0 aliphatic heterocycles. The Kier molecular flexibility index (Phi) is 11.3. The van der Waals surface area contributed by atoms with Gasteiger partial charge < -0.3 is 10.2 Å². The van der Waals surface area contributed by atoms with E-state index in [0.717, 1.165) is 21.2 Å². The van der Waals surface area contributed by atoms with E-state index in [-0.39, 0.29) is 37.4 Å². The Morgan fingerprint density at radius 3 is 2.12 bits per heavy atom. The van der Waals surface area contributed by atoms with Crippen LogP contribution in [0.1, 0.15) is 43.4 Å². The summed E-state index contributed by atoms with van der Waals surface area (Å²) in [6.45, 7) is 6.05. The lowest BCUT2D eigenvalue weighted by molar-refractivity contribution is -0.141. The molecule has 0 aliphatic carbocycles. The minimum atomic E-state index is -3.56. The molecule has 40 heavy (non-hydrogen) atoms. The first kappa shape index (κ1) is 31.4. The Morgan fingerprint density at radius 1 is 0.900 bits per heavy atom. The monoisotopic (exact) mass is 627 g/mol. The van der Waals surface area contributed by atoms with Crippen LogP contribution in [0.15, 0.2) is 83.3 Å². The Balaban J connectivity index is 1.88. The Labute approximate surface area is 246 Å². The third-order valence-corrected chi connectivity index (χ3v) is 8.21. The van der Waals surface area contributed by atoms with Crippen molar-refractivity contribution in [1.82, 2.24) is 10.2 Å². The van der Waals surface area contributed by atoms with Crippen LogP contribution in [0.3, 0.4) is 0 Å². The maximum atomic E-state index is 13.8. The molecule has 0 aliphatic rings. The quantitative estimate of drug-likeness (QED) is 0.272. The first-order chi connectivity index (χ1) is 19.0. The van der Waals surface area contributed by atoms with Crippen LogP contribution >= 0.6 is 15.9 Å². The molecule has 0 spiro atoms. The lowest BCUT2D eigenvalue weighted by Crippen LogP contribution is -2.51. The number of hydrogen-bond acceptors (Lipinski definition) is 4. The van der Waals surface area contributed by atoms with Crippen molar-refractivity contribution < 1.29 is 18.0 Å². The van der Waals surface area contributed by atoms with Gasteiger partial charge >= 0.3 is 0 Å². The van der Waals surface area contributed by atoms with Crippen LogP contribution < -0.4 is 9.62 Å². The van der Waals surface area contributed by atoms with Gasteiger partial charge in [0.2, 0.25) is 21.8 Å². The number of aryl methyl sites for hydroxylation is 1. The van der Waals surface area contributed by atoms with Gasteiger partial charge in [0.05, 0.1) is 11.9 Å². The van der Waals surface area contributed by atoms with Crippen LogP contribution in [-0.2, 0) is 32.6 Å². The normalized spacial score (nSPS) is 12.2. The van der Waals surface area contributed by atoms with Gasteiger partial charge in [-0.3, -0.25) is 13.9 Å². The van der Waals surface area contributed by atoms with Gasteiger partial charge in [0, 0.05) is 36.4 Å². The minimum Gasteiger partial charge on any atom is -0.352 e. The molecule has 0 heterocycles. The number of nitrogens with one attached hydrogen (secondary N) is 1. The van der Waals surface area contributed by atoms with Crippen molar-refractivity contribution in [2.75, 3.05) is 17.1 Å². The van der Waals surface area contributed by atoms with E-state index < -0.39 is 16.1 Å². The molecule has 0 bridgehead atoms. The van der Waals surface area contributed by atoms with E-state index in [4.69, 9.17) is 0 Å². The highest BCUT2D eigenvalue weighted by molar-refractivity contribution is 9.10. The molecule has 3 aromatic rings. The number of amides is 2. The second-order valence-electron chi connectivity index (χ2n) is 10.2. The zero-order chi connectivity index (χ0) is 29.3. The topological polar surface area (TPSA) is 86.8 Å². The molecule has 0 unspecified atom stereocenters. The minimum absolute atomic E-state index is 0.0900. The lowest BCUT2D eigenvalue weighted by atomic mass is 10.0. The van der Waals surface area contributed by atoms with E-state index in [0.29, 0.717) is 18.5 Å². The molecule has 7 nitrogen and oxygen atoms in total. The Bertz CT molecular complexity index is 1380. The SMILES string of the molecule is Cc1ccccc1N(CCCC(=O)N(Cc1ccc(Br)cc1)[C@H](Cc1ccccc1)C(=O)NC(C)C)S(C)(=O)=O. The van der Waals surface area contributed by atoms with Crippen LogP contribution in [-0.4, -0.2) is 50.0 Å². The number of nitrogens with zero attached hydrogens (tertiary/aromatic N) is 2. The average molecular weight is 629 g/mol. The molecule has 214 valence electrons. The second-order valence-corrected chi connectivity index (χ2v) is 13.1. The predicted molar refractivity (Wildman–Crippen MR) is 165 cm³/mol. The summed E-state index contributed by atoms with van der Waals surface area (Å²) >= 11 is 3.45. The predicted octanol–water partition coefficient (Wildman–Crippen LogP) is 5.47. The van der Waals surface area contributed by atoms with E-state index in [1.807, 2.05) is 87.5 Å². The number of para-hydroxylation sites is 1. The van der Waals surface area contributed by atoms with E-state index in [2.05, 4.69) is 21.2 Å². The summed E-state index contributed by atoms with van der Waals surface area (Å²) in [5.41, 5.74) is 3.28. The first-order valence-corrected chi connectivity index (χ1v) is 16.0. The lowest BCUT2D eigenvalue weighted by Gasteiger charge is -2.32. The highest BCUT2D eigenvalue weighted by atomic mass is 79.9. The molecule has 1 atom stereocenters. The summed E-state index contributed by atoms with van der Waals surface area (Å²) < 4.78 is 27.5. The van der Waals surface area contributed by atoms with Crippen molar-refractivity contribution in [2.45, 2.75) is 58.7 Å². The van der Waals surface area contributed by atoms with E-state index >= 15 is 0 Å². The van der Waals surface area contributed by atoms with Crippen LogP contribution in [0.2, 0.25) is 0 Å². The van der Waals surface area contributed by atoms with Crippen LogP contribution in [0.4, 0.5) is 5.69 Å². The molecule has 0 saturated heterocycles. The molecule has 0 fully saturated rings. The largest absolute Gasteiger partial charge is 0.352 e. The number of carbonyl (C=O) groups excluding carboxylic acids is 2. The number of sulfonamides is 1. The zero-order valence-electron chi connectivity index (χ0n) is 23.5. The van der Waals surface area contributed by atoms with Crippen molar-refractivity contribution in [2.24, 2.45) is 0 Å². The molecule has 0 radical (unpaired) electrons. The van der Waals surface area contributed by atoms with Crippen LogP contribution in [0.5, 0.6) is 0 Å². The fourth-order valence-electron chi connectivity index (χ4n) is 4.55. The molecular formula is C31H38BrN3O4S. The van der Waals surface area contributed by atoms with Gasteiger partial charge in [-0.05, 0) is 62.1 Å². The number of hydrogen-bond donors (Lipinski definition) is 1. The van der Waals surface area contributed by atoms with Crippen LogP contribution in [0, 0.1) is 6.92 Å². The van der Waals surface area contributed by atoms with Crippen molar-refractivity contribution in [3.05, 3.63) is 100 Å². The first-order valence-electron chi connectivity index (χ1n) is 13.4. The Hall–Kier alpha value is -3.17. The standard InChI is InChI=1S/C31H38BrN3O4S/c1-23(2)33-31(37)29(21-25-12-6-5-7-13-25)34(22-26-16-18-27(32)19-17-26)30(36)15-10-20-35(40(4,38)39)28-14-9-8-11-24(28)3/h5-9,11-14,16-19,23,29H,10,15,20-22H2,1-4H3,(H,33,37)/t29-/m1/s1. The molecular weight excluding hydrogens is 590 g/mol. The summed E-state index contributed by atoms with van der Waals surface area (Å²) in [4.78, 5) is 29.0. The number of halogens is 1. The summed E-state index contributed by atoms with van der Waals surface area (Å²) in [6.07, 6.45) is 1.93. The summed E-state index contributed by atoms with van der Waals surface area (Å²) in [7, 11) is -3.56. The number of anilines is 1. The zero-order valence-corrected chi connectivity index (χ0v) is 25.9. The van der Waals surface area contributed by atoms with Crippen LogP contribution in [0.25, 0.3) is 0 Å². The number of benzene rings is 3. The maximum absolute atomic E-state index is 13.8. The summed E-state index contributed by atoms with van der Waals surface area (Å²) in [5.74, 6) is -0.428. The molecule has 3 aromatic carbocycles. The van der Waals surface area contributed by atoms with Gasteiger partial charge in [0.15, 0.2) is 0 Å². The van der Waals surface area contributed by atoms with Crippen molar-refractivity contribution in [3.8, 4) is 0 Å². The Morgan fingerprint density at radius 2 is 1.52 bits per heavy atom. The molecule has 1 N–H and O–H groups in total. The highest BCUT2D eigenvalue weighted by Gasteiger charge is 2.31.